The third-order valence-electron chi connectivity index (χ3n) is 14.2. The number of rotatable bonds is 6. The van der Waals surface area contributed by atoms with Crippen molar-refractivity contribution in [3.05, 3.63) is 206 Å². The van der Waals surface area contributed by atoms with Crippen LogP contribution in [-0.4, -0.2) is 0 Å². The zero-order valence-corrected chi connectivity index (χ0v) is 35.8. The summed E-state index contributed by atoms with van der Waals surface area (Å²) in [7, 11) is 0. The van der Waals surface area contributed by atoms with E-state index in [1.165, 1.54) is 108 Å². The van der Waals surface area contributed by atoms with Gasteiger partial charge in [0.2, 0.25) is 0 Å². The Labute approximate surface area is 380 Å². The Balaban J connectivity index is 1.14. The molecule has 0 aromatic heterocycles. The van der Waals surface area contributed by atoms with E-state index in [1.54, 1.807) is 0 Å². The van der Waals surface area contributed by atoms with Crippen molar-refractivity contribution >= 4 is 131 Å². The lowest BCUT2D eigenvalue weighted by Gasteiger charge is -2.18. The SMILES string of the molecule is Nc1ccccc1Nc1ccc(-c2c3cc4c(cc3c(-c3ccc(Nc5ccccc5N)cc3)c3c5cc6ccccc6c6cccc(c23)c65)c2cccc3c5ccccc5cc4c32)cc1. The van der Waals surface area contributed by atoms with Gasteiger partial charge in [-0.1, -0.05) is 133 Å². The van der Waals surface area contributed by atoms with Crippen LogP contribution in [0.4, 0.5) is 34.1 Å². The van der Waals surface area contributed by atoms with Gasteiger partial charge in [0.25, 0.3) is 0 Å². The number of benzene rings is 12. The second-order valence-electron chi connectivity index (χ2n) is 17.8. The summed E-state index contributed by atoms with van der Waals surface area (Å²) in [5.41, 5.74) is 22.7. The highest BCUT2D eigenvalue weighted by molar-refractivity contribution is 6.44. The summed E-state index contributed by atoms with van der Waals surface area (Å²) in [5.74, 6) is 0. The number of fused-ring (bicyclic) bond motifs is 11. The summed E-state index contributed by atoms with van der Waals surface area (Å²) in [6.07, 6.45) is 0. The van der Waals surface area contributed by atoms with Crippen molar-refractivity contribution in [1.29, 1.82) is 0 Å². The Morgan fingerprint density at radius 3 is 1.18 bits per heavy atom. The third kappa shape index (κ3) is 5.27. The number of nitrogens with one attached hydrogen (secondary N) is 2. The molecule has 0 aliphatic heterocycles. The first-order valence-electron chi connectivity index (χ1n) is 22.6. The molecule has 0 saturated carbocycles. The van der Waals surface area contributed by atoms with Crippen LogP contribution in [0, 0.1) is 0 Å². The Bertz CT molecular complexity index is 4290. The first-order chi connectivity index (χ1) is 32.6. The van der Waals surface area contributed by atoms with E-state index < -0.39 is 0 Å². The number of hydrogen-bond acceptors (Lipinski definition) is 4. The molecular weight excluding hydrogens is 801 g/mol. The molecule has 0 spiro atoms. The van der Waals surface area contributed by atoms with Gasteiger partial charge in [0.1, 0.15) is 0 Å². The van der Waals surface area contributed by atoms with Crippen LogP contribution in [-0.2, 0) is 0 Å². The highest BCUT2D eigenvalue weighted by Crippen LogP contribution is 2.54. The molecule has 0 fully saturated rings. The Hall–Kier alpha value is -8.86. The van der Waals surface area contributed by atoms with Crippen molar-refractivity contribution in [3.63, 3.8) is 0 Å². The van der Waals surface area contributed by atoms with E-state index in [9.17, 15) is 0 Å². The summed E-state index contributed by atoms with van der Waals surface area (Å²) in [6.45, 7) is 0. The monoisotopic (exact) mass is 840 g/mol. The van der Waals surface area contributed by atoms with Crippen LogP contribution >= 0.6 is 0 Å². The number of hydrogen-bond donors (Lipinski definition) is 4. The van der Waals surface area contributed by atoms with Crippen LogP contribution in [0.5, 0.6) is 0 Å². The topological polar surface area (TPSA) is 76.1 Å². The first-order valence-corrected chi connectivity index (χ1v) is 22.6. The van der Waals surface area contributed by atoms with E-state index >= 15 is 0 Å². The first kappa shape index (κ1) is 36.6. The molecule has 308 valence electrons. The van der Waals surface area contributed by atoms with E-state index in [-0.39, 0.29) is 0 Å². The molecule has 0 bridgehead atoms. The minimum Gasteiger partial charge on any atom is -0.397 e. The summed E-state index contributed by atoms with van der Waals surface area (Å²) < 4.78 is 0. The van der Waals surface area contributed by atoms with E-state index in [1.807, 2.05) is 48.5 Å². The van der Waals surface area contributed by atoms with Crippen molar-refractivity contribution in [1.82, 2.24) is 0 Å². The van der Waals surface area contributed by atoms with Crippen LogP contribution in [0.2, 0.25) is 0 Å². The van der Waals surface area contributed by atoms with E-state index in [2.05, 4.69) is 168 Å². The summed E-state index contributed by atoms with van der Waals surface area (Å²) in [5, 5.41) is 30.0. The largest absolute Gasteiger partial charge is 0.397 e. The Morgan fingerprint density at radius 2 is 0.652 bits per heavy atom. The number of nitrogens with two attached hydrogens (primary N) is 2. The molecule has 0 amide bonds. The minimum absolute atomic E-state index is 0.713. The van der Waals surface area contributed by atoms with Crippen molar-refractivity contribution in [2.24, 2.45) is 0 Å². The van der Waals surface area contributed by atoms with Gasteiger partial charge in [-0.2, -0.15) is 0 Å². The maximum absolute atomic E-state index is 6.40. The maximum atomic E-state index is 6.40. The fourth-order valence-electron chi connectivity index (χ4n) is 11.3. The normalized spacial score (nSPS) is 12.1. The van der Waals surface area contributed by atoms with Crippen LogP contribution in [0.1, 0.15) is 0 Å². The molecule has 0 unspecified atom stereocenters. The summed E-state index contributed by atoms with van der Waals surface area (Å²) >= 11 is 0. The van der Waals surface area contributed by atoms with Crippen LogP contribution < -0.4 is 22.1 Å². The van der Waals surface area contributed by atoms with Crippen molar-refractivity contribution in [3.8, 4) is 22.3 Å². The molecule has 0 saturated heterocycles. The van der Waals surface area contributed by atoms with Crippen LogP contribution in [0.25, 0.3) is 119 Å². The molecule has 14 aromatic carbocycles. The van der Waals surface area contributed by atoms with Gasteiger partial charge in [0.15, 0.2) is 0 Å². The highest BCUT2D eigenvalue weighted by Gasteiger charge is 2.26. The number of anilines is 6. The van der Waals surface area contributed by atoms with E-state index in [4.69, 9.17) is 11.5 Å². The fraction of sp³-hybridized carbons (Fsp3) is 0. The summed E-state index contributed by atoms with van der Waals surface area (Å²) in [4.78, 5) is 0. The predicted octanol–water partition coefficient (Wildman–Crippen LogP) is 16.9. The zero-order chi connectivity index (χ0) is 43.6. The molecule has 14 aromatic rings. The lowest BCUT2D eigenvalue weighted by molar-refractivity contribution is 1.54. The van der Waals surface area contributed by atoms with Crippen LogP contribution in [0.3, 0.4) is 0 Å². The zero-order valence-electron chi connectivity index (χ0n) is 35.8. The molecule has 0 atom stereocenters. The van der Waals surface area contributed by atoms with Gasteiger partial charge in [-0.15, -0.1) is 0 Å². The Morgan fingerprint density at radius 1 is 0.258 bits per heavy atom. The van der Waals surface area contributed by atoms with Gasteiger partial charge >= 0.3 is 0 Å². The van der Waals surface area contributed by atoms with Gasteiger partial charge in [-0.25, -0.2) is 0 Å². The van der Waals surface area contributed by atoms with Gasteiger partial charge in [-0.3, -0.25) is 0 Å². The fourth-order valence-corrected chi connectivity index (χ4v) is 11.3. The van der Waals surface area contributed by atoms with Crippen molar-refractivity contribution in [2.45, 2.75) is 0 Å². The van der Waals surface area contributed by atoms with Gasteiger partial charge in [0, 0.05) is 11.4 Å². The number of para-hydroxylation sites is 4. The molecule has 0 heterocycles. The molecule has 0 aliphatic carbocycles. The Kier molecular flexibility index (Phi) is 7.66. The number of nitrogen functional groups attached to an aromatic ring is 2. The van der Waals surface area contributed by atoms with Crippen molar-refractivity contribution < 1.29 is 0 Å². The highest BCUT2D eigenvalue weighted by atomic mass is 14.9. The van der Waals surface area contributed by atoms with Gasteiger partial charge < -0.3 is 22.1 Å². The molecule has 14 rings (SSSR count). The van der Waals surface area contributed by atoms with Crippen molar-refractivity contribution in [2.75, 3.05) is 22.1 Å². The second-order valence-corrected chi connectivity index (χ2v) is 17.8. The minimum atomic E-state index is 0.713. The molecule has 4 heteroatoms. The van der Waals surface area contributed by atoms with Gasteiger partial charge in [-0.05, 0) is 192 Å². The quantitative estimate of drug-likeness (QED) is 0.0994. The van der Waals surface area contributed by atoms with Crippen LogP contribution in [0.15, 0.2) is 206 Å². The second kappa shape index (κ2) is 13.8. The molecule has 6 N–H and O–H groups in total. The average molecular weight is 841 g/mol. The smallest absolute Gasteiger partial charge is 0.0617 e. The third-order valence-corrected chi connectivity index (χ3v) is 14.2. The lowest BCUT2D eigenvalue weighted by Crippen LogP contribution is -1.96. The standard InChI is InChI=1S/C62H40N4/c63-53-19-5-7-21-55(53)65-39-27-23-35(24-28-39)57-51-34-48-47(45-17-9-15-43-41-13-3-1-11-37(41)31-49(48)59(43)45)33-50(51)58(36-25-29-40(30-26-36)66-56-22-8-6-20-54(56)64)62-52-32-38-12-2-4-14-42(38)44-16-10-18-46(60(44)52)61(57)62/h1-34,65-66H,63-64H2. The molecular formula is C62H40N4. The molecule has 4 nitrogen and oxygen atoms in total. The average Bonchev–Trinajstić information content (AvgIpc) is 3.85. The predicted molar refractivity (Wildman–Crippen MR) is 286 cm³/mol. The molecule has 66 heavy (non-hydrogen) atoms. The summed E-state index contributed by atoms with van der Waals surface area (Å²) in [6, 6.07) is 75.0. The molecule has 0 radical (unpaired) electrons. The van der Waals surface area contributed by atoms with E-state index in [0.29, 0.717) is 11.4 Å². The van der Waals surface area contributed by atoms with Gasteiger partial charge in [0.05, 0.1) is 22.7 Å². The molecule has 0 aliphatic rings. The maximum Gasteiger partial charge on any atom is 0.0617 e. The van der Waals surface area contributed by atoms with E-state index in [0.717, 1.165) is 33.9 Å². The lowest BCUT2D eigenvalue weighted by atomic mass is 9.85.